The number of benzene rings is 1. The van der Waals surface area contributed by atoms with Crippen molar-refractivity contribution in [2.45, 2.75) is 20.8 Å². The molecule has 0 atom stereocenters. The quantitative estimate of drug-likeness (QED) is 0.501. The van der Waals surface area contributed by atoms with Crippen LogP contribution < -0.4 is 5.32 Å². The number of nitrogens with zero attached hydrogens (tertiary/aromatic N) is 3. The van der Waals surface area contributed by atoms with Gasteiger partial charge in [0.25, 0.3) is 0 Å². The van der Waals surface area contributed by atoms with Gasteiger partial charge in [-0.05, 0) is 29.6 Å². The number of carbonyl (C=O) groups is 2. The summed E-state index contributed by atoms with van der Waals surface area (Å²) in [6.45, 7) is 5.61. The molecule has 0 aliphatic rings. The molecule has 0 saturated carbocycles. The second kappa shape index (κ2) is 7.25. The second-order valence-electron chi connectivity index (χ2n) is 7.72. The standard InChI is InChI=1S/C22H20N4O2S/c1-22(2,3)21(28)25-15-7-4-6-14(12-15)17-9-10-23-20-16(13-24-26(17)20)19(27)18-8-5-11-29-18/h4-13H,1-3H3,(H,25,28). The first-order chi connectivity index (χ1) is 13.8. The fourth-order valence-corrected chi connectivity index (χ4v) is 3.56. The summed E-state index contributed by atoms with van der Waals surface area (Å²) < 4.78 is 1.66. The average molecular weight is 404 g/mol. The summed E-state index contributed by atoms with van der Waals surface area (Å²) in [4.78, 5) is 30.1. The van der Waals surface area contributed by atoms with Crippen molar-refractivity contribution >= 4 is 34.4 Å². The predicted molar refractivity (Wildman–Crippen MR) is 114 cm³/mol. The van der Waals surface area contributed by atoms with Crippen molar-refractivity contribution in [3.05, 3.63) is 70.7 Å². The normalized spacial score (nSPS) is 11.6. The zero-order valence-corrected chi connectivity index (χ0v) is 17.2. The molecule has 0 aliphatic carbocycles. The summed E-state index contributed by atoms with van der Waals surface area (Å²) in [7, 11) is 0. The van der Waals surface area contributed by atoms with Crippen LogP contribution in [0.3, 0.4) is 0 Å². The summed E-state index contributed by atoms with van der Waals surface area (Å²) in [6.07, 6.45) is 3.22. The Balaban J connectivity index is 1.73. The Hall–Kier alpha value is -3.32. The molecule has 0 saturated heterocycles. The zero-order valence-electron chi connectivity index (χ0n) is 16.3. The van der Waals surface area contributed by atoms with E-state index in [-0.39, 0.29) is 11.7 Å². The highest BCUT2D eigenvalue weighted by Crippen LogP contribution is 2.26. The minimum absolute atomic E-state index is 0.0579. The third kappa shape index (κ3) is 3.69. The molecule has 1 aromatic carbocycles. The SMILES string of the molecule is CC(C)(C)C(=O)Nc1cccc(-c2ccnc3c(C(=O)c4cccs4)cnn23)c1. The molecule has 0 radical (unpaired) electrons. The number of rotatable bonds is 4. The third-order valence-electron chi connectivity index (χ3n) is 4.49. The molecule has 1 amide bonds. The first kappa shape index (κ1) is 19.0. The lowest BCUT2D eigenvalue weighted by atomic mass is 9.95. The molecular weight excluding hydrogens is 384 g/mol. The first-order valence-corrected chi connectivity index (χ1v) is 10.1. The van der Waals surface area contributed by atoms with Gasteiger partial charge in [-0.3, -0.25) is 9.59 Å². The lowest BCUT2D eigenvalue weighted by molar-refractivity contribution is -0.123. The van der Waals surface area contributed by atoms with Gasteiger partial charge in [-0.1, -0.05) is 39.0 Å². The van der Waals surface area contributed by atoms with Gasteiger partial charge in [0.15, 0.2) is 5.65 Å². The van der Waals surface area contributed by atoms with E-state index in [1.54, 1.807) is 23.0 Å². The lowest BCUT2D eigenvalue weighted by Gasteiger charge is -2.18. The van der Waals surface area contributed by atoms with E-state index >= 15 is 0 Å². The van der Waals surface area contributed by atoms with Gasteiger partial charge in [-0.2, -0.15) is 5.10 Å². The zero-order chi connectivity index (χ0) is 20.6. The molecule has 7 heteroatoms. The molecule has 4 rings (SSSR count). The molecule has 0 bridgehead atoms. The third-order valence-corrected chi connectivity index (χ3v) is 5.36. The molecule has 3 aromatic heterocycles. The highest BCUT2D eigenvalue weighted by molar-refractivity contribution is 7.12. The van der Waals surface area contributed by atoms with Gasteiger partial charge >= 0.3 is 0 Å². The van der Waals surface area contributed by atoms with Crippen molar-refractivity contribution in [1.82, 2.24) is 14.6 Å². The van der Waals surface area contributed by atoms with Crippen molar-refractivity contribution in [1.29, 1.82) is 0 Å². The van der Waals surface area contributed by atoms with E-state index in [4.69, 9.17) is 0 Å². The van der Waals surface area contributed by atoms with Crippen molar-refractivity contribution in [2.75, 3.05) is 5.32 Å². The Labute approximate surface area is 172 Å². The van der Waals surface area contributed by atoms with E-state index in [1.165, 1.54) is 11.3 Å². The average Bonchev–Trinajstić information content (AvgIpc) is 3.37. The van der Waals surface area contributed by atoms with Crippen LogP contribution in [-0.4, -0.2) is 26.3 Å². The molecule has 29 heavy (non-hydrogen) atoms. The van der Waals surface area contributed by atoms with Gasteiger partial charge in [0.1, 0.15) is 0 Å². The number of nitrogens with one attached hydrogen (secondary N) is 1. The molecule has 0 unspecified atom stereocenters. The monoisotopic (exact) mass is 404 g/mol. The molecular formula is C22H20N4O2S. The number of carbonyl (C=O) groups excluding carboxylic acids is 2. The highest BCUT2D eigenvalue weighted by atomic mass is 32.1. The van der Waals surface area contributed by atoms with E-state index in [9.17, 15) is 9.59 Å². The number of amides is 1. The number of ketones is 1. The fourth-order valence-electron chi connectivity index (χ4n) is 2.89. The molecule has 146 valence electrons. The maximum absolute atomic E-state index is 12.8. The van der Waals surface area contributed by atoms with Crippen molar-refractivity contribution in [2.24, 2.45) is 5.41 Å². The van der Waals surface area contributed by atoms with Gasteiger partial charge in [0.2, 0.25) is 11.7 Å². The maximum atomic E-state index is 12.8. The maximum Gasteiger partial charge on any atom is 0.229 e. The Kier molecular flexibility index (Phi) is 4.76. The number of thiophene rings is 1. The van der Waals surface area contributed by atoms with Gasteiger partial charge in [-0.25, -0.2) is 9.50 Å². The summed E-state index contributed by atoms with van der Waals surface area (Å²) in [6, 6.07) is 13.0. The number of hydrogen-bond donors (Lipinski definition) is 1. The number of aromatic nitrogens is 3. The number of hydrogen-bond acceptors (Lipinski definition) is 5. The van der Waals surface area contributed by atoms with E-state index < -0.39 is 5.41 Å². The smallest absolute Gasteiger partial charge is 0.229 e. The Morgan fingerprint density at radius 1 is 1.10 bits per heavy atom. The van der Waals surface area contributed by atoms with Crippen LogP contribution in [0.5, 0.6) is 0 Å². The molecule has 1 N–H and O–H groups in total. The van der Waals surface area contributed by atoms with Crippen LogP contribution in [0.15, 0.2) is 60.2 Å². The molecule has 0 fully saturated rings. The van der Waals surface area contributed by atoms with Crippen LogP contribution in [0.25, 0.3) is 16.9 Å². The van der Waals surface area contributed by atoms with Crippen LogP contribution in [0.1, 0.15) is 36.0 Å². The highest BCUT2D eigenvalue weighted by Gasteiger charge is 2.22. The largest absolute Gasteiger partial charge is 0.326 e. The summed E-state index contributed by atoms with van der Waals surface area (Å²) in [5, 5.41) is 9.22. The van der Waals surface area contributed by atoms with Gasteiger partial charge < -0.3 is 5.32 Å². The van der Waals surface area contributed by atoms with Crippen molar-refractivity contribution in [3.63, 3.8) is 0 Å². The van der Waals surface area contributed by atoms with E-state index in [0.717, 1.165) is 11.3 Å². The summed E-state index contributed by atoms with van der Waals surface area (Å²) >= 11 is 1.39. The Bertz CT molecular complexity index is 1200. The molecule has 0 aliphatic heterocycles. The van der Waals surface area contributed by atoms with E-state index in [1.807, 2.05) is 62.5 Å². The van der Waals surface area contributed by atoms with Crippen LogP contribution in [-0.2, 0) is 4.79 Å². The molecule has 6 nitrogen and oxygen atoms in total. The minimum atomic E-state index is -0.487. The van der Waals surface area contributed by atoms with E-state index in [0.29, 0.717) is 21.8 Å². The van der Waals surface area contributed by atoms with Gasteiger partial charge in [0.05, 0.1) is 22.3 Å². The minimum Gasteiger partial charge on any atom is -0.326 e. The summed E-state index contributed by atoms with van der Waals surface area (Å²) in [5.74, 6) is -0.150. The van der Waals surface area contributed by atoms with Crippen LogP contribution in [0, 0.1) is 5.41 Å². The second-order valence-corrected chi connectivity index (χ2v) is 8.66. The molecule has 0 spiro atoms. The Morgan fingerprint density at radius 2 is 1.93 bits per heavy atom. The molecule has 3 heterocycles. The van der Waals surface area contributed by atoms with Gasteiger partial charge in [-0.15, -0.1) is 11.3 Å². The van der Waals surface area contributed by atoms with Crippen LogP contribution >= 0.6 is 11.3 Å². The first-order valence-electron chi connectivity index (χ1n) is 9.17. The van der Waals surface area contributed by atoms with Crippen molar-refractivity contribution < 1.29 is 9.59 Å². The predicted octanol–water partition coefficient (Wildman–Crippen LogP) is 4.67. The summed E-state index contributed by atoms with van der Waals surface area (Å²) in [5.41, 5.74) is 2.83. The molecule has 4 aromatic rings. The van der Waals surface area contributed by atoms with Crippen LogP contribution in [0.4, 0.5) is 5.69 Å². The topological polar surface area (TPSA) is 76.4 Å². The number of anilines is 1. The van der Waals surface area contributed by atoms with Crippen LogP contribution in [0.2, 0.25) is 0 Å². The number of fused-ring (bicyclic) bond motifs is 1. The fraction of sp³-hybridized carbons (Fsp3) is 0.182. The lowest BCUT2D eigenvalue weighted by Crippen LogP contribution is -2.27. The Morgan fingerprint density at radius 3 is 2.66 bits per heavy atom. The van der Waals surface area contributed by atoms with Crippen molar-refractivity contribution in [3.8, 4) is 11.3 Å². The van der Waals surface area contributed by atoms with Gasteiger partial charge in [0, 0.05) is 22.9 Å². The van der Waals surface area contributed by atoms with E-state index in [2.05, 4.69) is 15.4 Å².